The van der Waals surface area contributed by atoms with Gasteiger partial charge < -0.3 is 15.0 Å². The van der Waals surface area contributed by atoms with E-state index in [2.05, 4.69) is 5.32 Å². The molecule has 10 heteroatoms. The second-order valence-electron chi connectivity index (χ2n) is 8.99. The van der Waals surface area contributed by atoms with Crippen molar-refractivity contribution >= 4 is 39.1 Å². The third kappa shape index (κ3) is 7.97. The normalized spacial score (nSPS) is 11.9. The molecule has 1 atom stereocenters. The average molecular weight is 572 g/mol. The van der Waals surface area contributed by atoms with Gasteiger partial charge >= 0.3 is 0 Å². The molecule has 1 N–H and O–H groups in total. The first-order chi connectivity index (χ1) is 18.7. The lowest BCUT2D eigenvalue weighted by Crippen LogP contribution is -2.51. The Morgan fingerprint density at radius 3 is 2.31 bits per heavy atom. The number of para-hydroxylation sites is 1. The Balaban J connectivity index is 1.97. The first kappa shape index (κ1) is 30.0. The van der Waals surface area contributed by atoms with Gasteiger partial charge in [0.15, 0.2) is 0 Å². The Morgan fingerprint density at radius 2 is 1.69 bits per heavy atom. The van der Waals surface area contributed by atoms with Gasteiger partial charge in [0.1, 0.15) is 18.3 Å². The largest absolute Gasteiger partial charge is 0.497 e. The van der Waals surface area contributed by atoms with Gasteiger partial charge in [0, 0.05) is 18.1 Å². The van der Waals surface area contributed by atoms with Gasteiger partial charge in [-0.1, -0.05) is 55.3 Å². The van der Waals surface area contributed by atoms with E-state index in [0.29, 0.717) is 28.6 Å². The fraction of sp³-hybridized carbons (Fsp3) is 0.310. The molecule has 0 aromatic heterocycles. The molecule has 0 radical (unpaired) electrons. The SMILES string of the molecule is CCCCNC(=O)[C@H](C)N(Cc1cccc(Cl)c1)C(=O)CN(c1ccccc1)S(=O)(=O)c1ccc(OC)cc1. The van der Waals surface area contributed by atoms with Crippen LogP contribution in [-0.4, -0.2) is 51.4 Å². The van der Waals surface area contributed by atoms with E-state index in [1.54, 1.807) is 73.7 Å². The fourth-order valence-corrected chi connectivity index (χ4v) is 5.58. The van der Waals surface area contributed by atoms with Crippen molar-refractivity contribution in [3.05, 3.63) is 89.4 Å². The quantitative estimate of drug-likeness (QED) is 0.295. The van der Waals surface area contributed by atoms with Crippen molar-refractivity contribution in [2.75, 3.05) is 24.5 Å². The molecule has 0 saturated heterocycles. The second kappa shape index (κ2) is 14.0. The van der Waals surface area contributed by atoms with Gasteiger partial charge in [-0.2, -0.15) is 0 Å². The van der Waals surface area contributed by atoms with Crippen LogP contribution < -0.4 is 14.4 Å². The number of ether oxygens (including phenoxy) is 1. The van der Waals surface area contributed by atoms with Gasteiger partial charge in [-0.15, -0.1) is 0 Å². The predicted octanol–water partition coefficient (Wildman–Crippen LogP) is 4.88. The van der Waals surface area contributed by atoms with E-state index < -0.39 is 28.5 Å². The third-order valence-corrected chi connectivity index (χ3v) is 8.23. The molecule has 0 bridgehead atoms. The maximum absolute atomic E-state index is 13.9. The van der Waals surface area contributed by atoms with Crippen LogP contribution in [0.4, 0.5) is 5.69 Å². The molecule has 0 fully saturated rings. The number of nitrogens with zero attached hydrogens (tertiary/aromatic N) is 2. The number of hydrogen-bond acceptors (Lipinski definition) is 5. The topological polar surface area (TPSA) is 96.0 Å². The number of hydrogen-bond donors (Lipinski definition) is 1. The number of amides is 2. The lowest BCUT2D eigenvalue weighted by Gasteiger charge is -2.32. The summed E-state index contributed by atoms with van der Waals surface area (Å²) in [5.74, 6) is -0.343. The second-order valence-corrected chi connectivity index (χ2v) is 11.3. The summed E-state index contributed by atoms with van der Waals surface area (Å²) in [6.45, 7) is 3.71. The molecule has 3 aromatic carbocycles. The highest BCUT2D eigenvalue weighted by atomic mass is 35.5. The van der Waals surface area contributed by atoms with Crippen LogP contribution in [0.1, 0.15) is 32.3 Å². The Kier molecular flexibility index (Phi) is 10.8. The molecule has 3 aromatic rings. The molecule has 39 heavy (non-hydrogen) atoms. The number of anilines is 1. The summed E-state index contributed by atoms with van der Waals surface area (Å²) in [6, 6.07) is 20.5. The molecule has 0 heterocycles. The minimum absolute atomic E-state index is 0.00620. The van der Waals surface area contributed by atoms with Gasteiger partial charge in [0.05, 0.1) is 17.7 Å². The first-order valence-electron chi connectivity index (χ1n) is 12.7. The number of halogens is 1. The molecule has 0 aliphatic rings. The molecular weight excluding hydrogens is 538 g/mol. The van der Waals surface area contributed by atoms with E-state index in [4.69, 9.17) is 16.3 Å². The van der Waals surface area contributed by atoms with E-state index in [-0.39, 0.29) is 17.3 Å². The highest BCUT2D eigenvalue weighted by molar-refractivity contribution is 7.92. The van der Waals surface area contributed by atoms with Crippen LogP contribution in [0, 0.1) is 0 Å². The minimum atomic E-state index is -4.14. The Labute approximate surface area is 235 Å². The summed E-state index contributed by atoms with van der Waals surface area (Å²) in [7, 11) is -2.65. The van der Waals surface area contributed by atoms with Crippen molar-refractivity contribution in [1.29, 1.82) is 0 Å². The van der Waals surface area contributed by atoms with Gasteiger partial charge in [0.2, 0.25) is 11.8 Å². The van der Waals surface area contributed by atoms with E-state index in [0.717, 1.165) is 17.1 Å². The van der Waals surface area contributed by atoms with Crippen molar-refractivity contribution in [3.63, 3.8) is 0 Å². The molecule has 0 saturated carbocycles. The number of methoxy groups -OCH3 is 1. The highest BCUT2D eigenvalue weighted by Gasteiger charge is 2.32. The van der Waals surface area contributed by atoms with Crippen molar-refractivity contribution < 1.29 is 22.7 Å². The van der Waals surface area contributed by atoms with Crippen molar-refractivity contribution in [3.8, 4) is 5.75 Å². The number of sulfonamides is 1. The molecule has 2 amide bonds. The molecule has 208 valence electrons. The van der Waals surface area contributed by atoms with Crippen LogP contribution >= 0.6 is 11.6 Å². The van der Waals surface area contributed by atoms with Crippen molar-refractivity contribution in [2.45, 2.75) is 44.2 Å². The van der Waals surface area contributed by atoms with Crippen LogP contribution in [0.25, 0.3) is 0 Å². The lowest BCUT2D eigenvalue weighted by molar-refractivity contribution is -0.139. The summed E-state index contributed by atoms with van der Waals surface area (Å²) < 4.78 is 33.8. The molecule has 0 aliphatic heterocycles. The third-order valence-electron chi connectivity index (χ3n) is 6.21. The average Bonchev–Trinajstić information content (AvgIpc) is 2.94. The van der Waals surface area contributed by atoms with Crippen LogP contribution in [0.5, 0.6) is 5.75 Å². The number of nitrogens with one attached hydrogen (secondary N) is 1. The molecule has 0 unspecified atom stereocenters. The first-order valence-corrected chi connectivity index (χ1v) is 14.5. The summed E-state index contributed by atoms with van der Waals surface area (Å²) in [4.78, 5) is 28.2. The van der Waals surface area contributed by atoms with Crippen LogP contribution in [0.2, 0.25) is 5.02 Å². The smallest absolute Gasteiger partial charge is 0.264 e. The van der Waals surface area contributed by atoms with Gasteiger partial charge in [-0.25, -0.2) is 8.42 Å². The fourth-order valence-electron chi connectivity index (χ4n) is 3.95. The summed E-state index contributed by atoms with van der Waals surface area (Å²) in [5.41, 5.74) is 1.04. The Hall–Kier alpha value is -3.56. The summed E-state index contributed by atoms with van der Waals surface area (Å²) in [5, 5.41) is 3.36. The zero-order valence-corrected chi connectivity index (χ0v) is 23.9. The molecule has 3 rings (SSSR count). The minimum Gasteiger partial charge on any atom is -0.497 e. The van der Waals surface area contributed by atoms with Crippen molar-refractivity contribution in [1.82, 2.24) is 10.2 Å². The number of benzene rings is 3. The Morgan fingerprint density at radius 1 is 1.00 bits per heavy atom. The number of rotatable bonds is 13. The number of carbonyl (C=O) groups excluding carboxylic acids is 2. The summed E-state index contributed by atoms with van der Waals surface area (Å²) in [6.07, 6.45) is 1.72. The predicted molar refractivity (Wildman–Crippen MR) is 153 cm³/mol. The zero-order chi connectivity index (χ0) is 28.4. The monoisotopic (exact) mass is 571 g/mol. The van der Waals surface area contributed by atoms with Crippen molar-refractivity contribution in [2.24, 2.45) is 0 Å². The maximum atomic E-state index is 13.9. The molecule has 0 aliphatic carbocycles. The van der Waals surface area contributed by atoms with Gasteiger partial charge in [-0.05, 0) is 67.4 Å². The standard InChI is InChI=1S/C29H34ClN3O5S/c1-4-5-18-31-29(35)22(2)32(20-23-10-9-11-24(30)19-23)28(34)21-33(25-12-7-6-8-13-25)39(36,37)27-16-14-26(38-3)15-17-27/h6-17,19,22H,4-5,18,20-21H2,1-3H3,(H,31,35)/t22-/m0/s1. The zero-order valence-electron chi connectivity index (χ0n) is 22.3. The molecule has 8 nitrogen and oxygen atoms in total. The van der Waals surface area contributed by atoms with Crippen LogP contribution in [-0.2, 0) is 26.2 Å². The van der Waals surface area contributed by atoms with Gasteiger partial charge in [-0.3, -0.25) is 13.9 Å². The van der Waals surface area contributed by atoms with Crippen LogP contribution in [0.15, 0.2) is 83.8 Å². The lowest BCUT2D eigenvalue weighted by atomic mass is 10.1. The number of unbranched alkanes of at least 4 members (excludes halogenated alkanes) is 1. The summed E-state index contributed by atoms with van der Waals surface area (Å²) >= 11 is 6.17. The van der Waals surface area contributed by atoms with Gasteiger partial charge in [0.25, 0.3) is 10.0 Å². The van der Waals surface area contributed by atoms with Crippen LogP contribution in [0.3, 0.4) is 0 Å². The Bertz CT molecular complexity index is 1350. The highest BCUT2D eigenvalue weighted by Crippen LogP contribution is 2.26. The molecular formula is C29H34ClN3O5S. The molecule has 0 spiro atoms. The van der Waals surface area contributed by atoms with E-state index in [1.165, 1.54) is 24.1 Å². The number of carbonyl (C=O) groups is 2. The van der Waals surface area contributed by atoms with E-state index in [1.807, 2.05) is 6.92 Å². The maximum Gasteiger partial charge on any atom is 0.264 e. The van der Waals surface area contributed by atoms with E-state index >= 15 is 0 Å². The van der Waals surface area contributed by atoms with E-state index in [9.17, 15) is 18.0 Å².